The first-order valence-corrected chi connectivity index (χ1v) is 6.98. The van der Waals surface area contributed by atoms with E-state index in [1.807, 2.05) is 18.2 Å². The van der Waals surface area contributed by atoms with Crippen molar-refractivity contribution in [2.24, 2.45) is 0 Å². The molecule has 1 saturated heterocycles. The Balaban J connectivity index is 1.92. The Bertz CT molecular complexity index is 476. The van der Waals surface area contributed by atoms with Gasteiger partial charge in [0.05, 0.1) is 13.1 Å². The Hall–Kier alpha value is -1.92. The van der Waals surface area contributed by atoms with Gasteiger partial charge in [-0.25, -0.2) is 0 Å². The quantitative estimate of drug-likeness (QED) is 0.771. The highest BCUT2D eigenvalue weighted by Crippen LogP contribution is 2.18. The van der Waals surface area contributed by atoms with E-state index in [2.05, 4.69) is 17.0 Å². The molecule has 2 rings (SSSR count). The van der Waals surface area contributed by atoms with Gasteiger partial charge in [0.15, 0.2) is 0 Å². The van der Waals surface area contributed by atoms with E-state index in [4.69, 9.17) is 10.2 Å². The fourth-order valence-corrected chi connectivity index (χ4v) is 2.76. The van der Waals surface area contributed by atoms with Crippen LogP contribution in [0.1, 0.15) is 12.0 Å². The van der Waals surface area contributed by atoms with Crippen molar-refractivity contribution in [1.29, 1.82) is 0 Å². The zero-order chi connectivity index (χ0) is 15.2. The lowest BCUT2D eigenvalue weighted by atomic mass is 10.2. The Kier molecular flexibility index (Phi) is 5.30. The van der Waals surface area contributed by atoms with Crippen molar-refractivity contribution in [2.75, 3.05) is 26.2 Å². The predicted octanol–water partition coefficient (Wildman–Crippen LogP) is 0.732. The van der Waals surface area contributed by atoms with Crippen LogP contribution in [0.2, 0.25) is 0 Å². The second-order valence-corrected chi connectivity index (χ2v) is 5.36. The molecule has 1 unspecified atom stereocenters. The minimum absolute atomic E-state index is 0.0130. The van der Waals surface area contributed by atoms with Crippen LogP contribution >= 0.6 is 0 Å². The van der Waals surface area contributed by atoms with E-state index in [9.17, 15) is 9.59 Å². The third kappa shape index (κ3) is 4.84. The van der Waals surface area contributed by atoms with Crippen LogP contribution in [0.4, 0.5) is 0 Å². The largest absolute Gasteiger partial charge is 0.480 e. The van der Waals surface area contributed by atoms with Gasteiger partial charge in [0.1, 0.15) is 0 Å². The summed E-state index contributed by atoms with van der Waals surface area (Å²) >= 11 is 0. The SMILES string of the molecule is O=C(O)CN(CC(=O)O)C1CCN(Cc2ccccc2)C1. The van der Waals surface area contributed by atoms with Crippen molar-refractivity contribution in [3.05, 3.63) is 35.9 Å². The van der Waals surface area contributed by atoms with Crippen molar-refractivity contribution in [3.63, 3.8) is 0 Å². The Morgan fingerprint density at radius 2 is 1.76 bits per heavy atom. The number of rotatable bonds is 7. The fraction of sp³-hybridized carbons (Fsp3) is 0.467. The summed E-state index contributed by atoms with van der Waals surface area (Å²) in [5.74, 6) is -1.98. The van der Waals surface area contributed by atoms with Gasteiger partial charge in [-0.2, -0.15) is 0 Å². The zero-order valence-corrected chi connectivity index (χ0v) is 11.8. The smallest absolute Gasteiger partial charge is 0.317 e. The van der Waals surface area contributed by atoms with Crippen LogP contribution in [0.15, 0.2) is 30.3 Å². The minimum Gasteiger partial charge on any atom is -0.480 e. The van der Waals surface area contributed by atoms with Crippen molar-refractivity contribution in [3.8, 4) is 0 Å². The molecule has 114 valence electrons. The Labute approximate surface area is 123 Å². The molecule has 1 aliphatic heterocycles. The van der Waals surface area contributed by atoms with Crippen molar-refractivity contribution in [2.45, 2.75) is 19.0 Å². The first kappa shape index (κ1) is 15.5. The third-order valence-corrected chi connectivity index (χ3v) is 3.69. The highest BCUT2D eigenvalue weighted by Gasteiger charge is 2.29. The lowest BCUT2D eigenvalue weighted by Crippen LogP contribution is -2.43. The molecule has 21 heavy (non-hydrogen) atoms. The van der Waals surface area contributed by atoms with E-state index in [0.717, 1.165) is 19.5 Å². The molecule has 1 aromatic carbocycles. The van der Waals surface area contributed by atoms with E-state index >= 15 is 0 Å². The van der Waals surface area contributed by atoms with Crippen LogP contribution in [-0.2, 0) is 16.1 Å². The molecule has 1 aromatic rings. The maximum Gasteiger partial charge on any atom is 0.317 e. The second kappa shape index (κ2) is 7.19. The number of hydrogen-bond donors (Lipinski definition) is 2. The molecule has 1 fully saturated rings. The monoisotopic (exact) mass is 292 g/mol. The van der Waals surface area contributed by atoms with Gasteiger partial charge < -0.3 is 10.2 Å². The fourth-order valence-electron chi connectivity index (χ4n) is 2.76. The Morgan fingerprint density at radius 3 is 2.33 bits per heavy atom. The molecule has 2 N–H and O–H groups in total. The first-order chi connectivity index (χ1) is 10.0. The molecular formula is C15H20N2O4. The van der Waals surface area contributed by atoms with Crippen LogP contribution in [0.5, 0.6) is 0 Å². The van der Waals surface area contributed by atoms with Gasteiger partial charge in [-0.15, -0.1) is 0 Å². The van der Waals surface area contributed by atoms with Gasteiger partial charge >= 0.3 is 11.9 Å². The maximum atomic E-state index is 10.9. The van der Waals surface area contributed by atoms with E-state index in [-0.39, 0.29) is 19.1 Å². The zero-order valence-electron chi connectivity index (χ0n) is 11.8. The number of carboxylic acids is 2. The van der Waals surface area contributed by atoms with E-state index in [1.54, 1.807) is 0 Å². The summed E-state index contributed by atoms with van der Waals surface area (Å²) in [5.41, 5.74) is 1.21. The van der Waals surface area contributed by atoms with Gasteiger partial charge in [0.2, 0.25) is 0 Å². The Morgan fingerprint density at radius 1 is 1.14 bits per heavy atom. The van der Waals surface area contributed by atoms with Crippen LogP contribution in [-0.4, -0.2) is 64.2 Å². The number of carboxylic acid groups (broad SMARTS) is 2. The highest BCUT2D eigenvalue weighted by molar-refractivity contribution is 5.72. The third-order valence-electron chi connectivity index (χ3n) is 3.69. The molecule has 0 aromatic heterocycles. The standard InChI is InChI=1S/C15H20N2O4/c18-14(19)10-17(11-15(20)21)13-6-7-16(9-13)8-12-4-2-1-3-5-12/h1-5,13H,6-11H2,(H,18,19)(H,20,21). The van der Waals surface area contributed by atoms with Gasteiger partial charge in [0.25, 0.3) is 0 Å². The van der Waals surface area contributed by atoms with Gasteiger partial charge in [-0.1, -0.05) is 30.3 Å². The number of benzene rings is 1. The molecule has 6 heteroatoms. The molecule has 6 nitrogen and oxygen atoms in total. The van der Waals surface area contributed by atoms with Gasteiger partial charge in [0, 0.05) is 25.7 Å². The van der Waals surface area contributed by atoms with Crippen LogP contribution < -0.4 is 0 Å². The summed E-state index contributed by atoms with van der Waals surface area (Å²) in [6.45, 7) is 1.92. The molecule has 0 aliphatic carbocycles. The maximum absolute atomic E-state index is 10.9. The van der Waals surface area contributed by atoms with Crippen LogP contribution in [0, 0.1) is 0 Å². The number of likely N-dealkylation sites (tertiary alicyclic amines) is 1. The van der Waals surface area contributed by atoms with Gasteiger partial charge in [-0.3, -0.25) is 19.4 Å². The normalized spacial score (nSPS) is 19.0. The van der Waals surface area contributed by atoms with Crippen molar-refractivity contribution < 1.29 is 19.8 Å². The summed E-state index contributed by atoms with van der Waals surface area (Å²) in [6.07, 6.45) is 0.799. The minimum atomic E-state index is -0.988. The van der Waals surface area contributed by atoms with Crippen molar-refractivity contribution in [1.82, 2.24) is 9.80 Å². The molecule has 1 aliphatic rings. The van der Waals surface area contributed by atoms with E-state index < -0.39 is 11.9 Å². The van der Waals surface area contributed by atoms with Gasteiger partial charge in [-0.05, 0) is 12.0 Å². The molecule has 0 saturated carbocycles. The summed E-state index contributed by atoms with van der Waals surface area (Å²) in [7, 11) is 0. The van der Waals surface area contributed by atoms with E-state index in [1.165, 1.54) is 10.5 Å². The molecule has 0 spiro atoms. The molecule has 0 bridgehead atoms. The molecule has 0 amide bonds. The van der Waals surface area contributed by atoms with E-state index in [0.29, 0.717) is 6.54 Å². The number of hydrogen-bond acceptors (Lipinski definition) is 4. The predicted molar refractivity (Wildman–Crippen MR) is 77.0 cm³/mol. The summed E-state index contributed by atoms with van der Waals surface area (Å²) < 4.78 is 0. The number of carbonyl (C=O) groups is 2. The molecular weight excluding hydrogens is 272 g/mol. The number of aliphatic carboxylic acids is 2. The molecule has 1 heterocycles. The second-order valence-electron chi connectivity index (χ2n) is 5.36. The highest BCUT2D eigenvalue weighted by atomic mass is 16.4. The van der Waals surface area contributed by atoms with Crippen LogP contribution in [0.3, 0.4) is 0 Å². The van der Waals surface area contributed by atoms with Crippen LogP contribution in [0.25, 0.3) is 0 Å². The number of nitrogens with zero attached hydrogens (tertiary/aromatic N) is 2. The topological polar surface area (TPSA) is 81.1 Å². The summed E-state index contributed by atoms with van der Waals surface area (Å²) in [4.78, 5) is 25.5. The summed E-state index contributed by atoms with van der Waals surface area (Å²) in [5, 5.41) is 17.8. The lowest BCUT2D eigenvalue weighted by molar-refractivity contribution is -0.142. The average Bonchev–Trinajstić information content (AvgIpc) is 2.86. The summed E-state index contributed by atoms with van der Waals surface area (Å²) in [6, 6.07) is 10.0. The lowest BCUT2D eigenvalue weighted by Gasteiger charge is -2.25. The van der Waals surface area contributed by atoms with Crippen molar-refractivity contribution >= 4 is 11.9 Å². The molecule has 1 atom stereocenters. The first-order valence-electron chi connectivity index (χ1n) is 6.98. The molecule has 0 radical (unpaired) electrons. The average molecular weight is 292 g/mol.